The van der Waals surface area contributed by atoms with Crippen LogP contribution >= 0.6 is 7.26 Å². The molecule has 0 unspecified atom stereocenters. The quantitative estimate of drug-likeness (QED) is 0.269. The van der Waals surface area contributed by atoms with Gasteiger partial charge in [0.25, 0.3) is 0 Å². The molecular formula is C23H26BF4OP. The van der Waals surface area contributed by atoms with Crippen molar-refractivity contribution in [1.82, 2.24) is 0 Å². The van der Waals surface area contributed by atoms with Crippen LogP contribution in [0.5, 0.6) is 0 Å². The minimum absolute atomic E-state index is 0.177. The van der Waals surface area contributed by atoms with Crippen LogP contribution in [0, 0.1) is 0 Å². The molecule has 0 spiro atoms. The first kappa shape index (κ1) is 24.1. The van der Waals surface area contributed by atoms with Crippen molar-refractivity contribution in [3.05, 3.63) is 91.0 Å². The summed E-state index contributed by atoms with van der Waals surface area (Å²) in [6, 6.07) is 32.5. The highest BCUT2D eigenvalue weighted by Gasteiger charge is 2.46. The molecule has 0 saturated heterocycles. The highest BCUT2D eigenvalue weighted by atomic mass is 31.2. The van der Waals surface area contributed by atoms with E-state index >= 15 is 0 Å². The molecule has 3 aromatic carbocycles. The summed E-state index contributed by atoms with van der Waals surface area (Å²) in [6.45, 7) is 6.38. The summed E-state index contributed by atoms with van der Waals surface area (Å²) < 4.78 is 45.4. The zero-order valence-corrected chi connectivity index (χ0v) is 18.2. The number of benzene rings is 3. The Morgan fingerprint density at radius 3 is 1.13 bits per heavy atom. The fourth-order valence-corrected chi connectivity index (χ4v) is 6.97. The van der Waals surface area contributed by atoms with Crippen molar-refractivity contribution in [3.63, 3.8) is 0 Å². The van der Waals surface area contributed by atoms with Gasteiger partial charge >= 0.3 is 7.25 Å². The Morgan fingerprint density at radius 1 is 0.633 bits per heavy atom. The van der Waals surface area contributed by atoms with Gasteiger partial charge in [0.1, 0.15) is 23.2 Å². The molecule has 0 fully saturated rings. The molecule has 30 heavy (non-hydrogen) atoms. The number of ether oxygens (including phenoxy) is 1. The Morgan fingerprint density at radius 2 is 0.900 bits per heavy atom. The topological polar surface area (TPSA) is 9.23 Å². The predicted octanol–water partition coefficient (Wildman–Crippen LogP) is 6.05. The average molecular weight is 436 g/mol. The number of rotatable bonds is 5. The lowest BCUT2D eigenvalue weighted by Gasteiger charge is -2.30. The second-order valence-electron chi connectivity index (χ2n) is 7.70. The minimum Gasteiger partial charge on any atom is -0.418 e. The summed E-state index contributed by atoms with van der Waals surface area (Å²) in [4.78, 5) is 0. The smallest absolute Gasteiger partial charge is 0.418 e. The van der Waals surface area contributed by atoms with Crippen molar-refractivity contribution in [2.45, 2.75) is 26.4 Å². The van der Waals surface area contributed by atoms with E-state index < -0.39 is 14.5 Å². The molecule has 3 aromatic rings. The number of halogens is 4. The normalized spacial score (nSPS) is 12.1. The lowest BCUT2D eigenvalue weighted by atomic mass is 10.2. The van der Waals surface area contributed by atoms with Crippen molar-refractivity contribution in [1.29, 1.82) is 0 Å². The molecule has 0 aromatic heterocycles. The van der Waals surface area contributed by atoms with Gasteiger partial charge in [-0.25, -0.2) is 0 Å². The van der Waals surface area contributed by atoms with Gasteiger partial charge in [-0.15, -0.1) is 0 Å². The van der Waals surface area contributed by atoms with E-state index in [4.69, 9.17) is 4.74 Å². The number of hydrogen-bond donors (Lipinski definition) is 0. The van der Waals surface area contributed by atoms with E-state index in [0.717, 1.165) is 0 Å². The van der Waals surface area contributed by atoms with Crippen molar-refractivity contribution in [2.24, 2.45) is 0 Å². The highest BCUT2D eigenvalue weighted by molar-refractivity contribution is 7.95. The van der Waals surface area contributed by atoms with E-state index in [-0.39, 0.29) is 5.60 Å². The molecule has 0 saturated carbocycles. The predicted molar refractivity (Wildman–Crippen MR) is 121 cm³/mol. The Kier molecular flexibility index (Phi) is 8.22. The first-order valence-electron chi connectivity index (χ1n) is 9.58. The molecular weight excluding hydrogens is 410 g/mol. The molecule has 0 atom stereocenters. The monoisotopic (exact) mass is 436 g/mol. The maximum Gasteiger partial charge on any atom is 0.673 e. The second kappa shape index (κ2) is 10.2. The van der Waals surface area contributed by atoms with Crippen molar-refractivity contribution >= 4 is 30.4 Å². The summed E-state index contributed by atoms with van der Waals surface area (Å²) in [5, 5.41) is 4.07. The third-order valence-corrected chi connectivity index (χ3v) is 8.34. The zero-order valence-electron chi connectivity index (χ0n) is 17.3. The van der Waals surface area contributed by atoms with Gasteiger partial charge in [-0.3, -0.25) is 0 Å². The SMILES string of the molecule is CC(C)(C)OC[P+](c1ccccc1)(c1ccccc1)c1ccccc1.F[B-](F)(F)F. The van der Waals surface area contributed by atoms with E-state index in [0.29, 0.717) is 6.35 Å². The van der Waals surface area contributed by atoms with Crippen LogP contribution in [0.1, 0.15) is 20.8 Å². The molecule has 0 heterocycles. The fraction of sp³-hybridized carbons (Fsp3) is 0.217. The molecule has 3 rings (SSSR count). The van der Waals surface area contributed by atoms with Crippen LogP contribution < -0.4 is 15.9 Å². The highest BCUT2D eigenvalue weighted by Crippen LogP contribution is 2.55. The van der Waals surface area contributed by atoms with E-state index in [2.05, 4.69) is 112 Å². The van der Waals surface area contributed by atoms with Crippen molar-refractivity contribution in [3.8, 4) is 0 Å². The van der Waals surface area contributed by atoms with Crippen molar-refractivity contribution < 1.29 is 22.0 Å². The van der Waals surface area contributed by atoms with Crippen LogP contribution in [-0.2, 0) is 4.74 Å². The lowest BCUT2D eigenvalue weighted by Crippen LogP contribution is -2.36. The third-order valence-electron chi connectivity index (χ3n) is 4.28. The summed E-state index contributed by atoms with van der Waals surface area (Å²) in [5.41, 5.74) is -0.177. The second-order valence-corrected chi connectivity index (χ2v) is 11.1. The fourth-order valence-electron chi connectivity index (χ4n) is 3.01. The average Bonchev–Trinajstić information content (AvgIpc) is 2.69. The van der Waals surface area contributed by atoms with Gasteiger partial charge in [0.15, 0.2) is 6.35 Å². The van der Waals surface area contributed by atoms with Gasteiger partial charge in [-0.05, 0) is 57.2 Å². The van der Waals surface area contributed by atoms with Gasteiger partial charge < -0.3 is 22.0 Å². The molecule has 1 nitrogen and oxygen atoms in total. The Hall–Kier alpha value is -2.17. The van der Waals surface area contributed by atoms with Gasteiger partial charge in [0.05, 0.1) is 5.60 Å². The summed E-state index contributed by atoms with van der Waals surface area (Å²) in [6.07, 6.45) is 0.703. The minimum atomic E-state index is -6.00. The Balaban J connectivity index is 0.000000575. The Labute approximate surface area is 176 Å². The van der Waals surface area contributed by atoms with Crippen LogP contribution in [0.3, 0.4) is 0 Å². The lowest BCUT2D eigenvalue weighted by molar-refractivity contribution is 0.0267. The standard InChI is InChI=1S/C23H26OP.BF4/c1-23(2,3)24-19-25(20-13-7-4-8-14-20,21-15-9-5-10-16-21)22-17-11-6-12-18-22;2-1(3,4)5/h4-18H,19H2,1-3H3;/q+1;-1. The first-order valence-corrected chi connectivity index (χ1v) is 11.6. The van der Waals surface area contributed by atoms with Gasteiger partial charge in [0, 0.05) is 0 Å². The summed E-state index contributed by atoms with van der Waals surface area (Å²) in [7, 11) is -7.87. The summed E-state index contributed by atoms with van der Waals surface area (Å²) >= 11 is 0. The maximum atomic E-state index is 9.75. The maximum absolute atomic E-state index is 9.75. The largest absolute Gasteiger partial charge is 0.673 e. The van der Waals surface area contributed by atoms with Crippen LogP contribution in [0.15, 0.2) is 91.0 Å². The molecule has 0 bridgehead atoms. The third kappa shape index (κ3) is 7.26. The zero-order chi connectivity index (χ0) is 22.3. The molecule has 0 aliphatic heterocycles. The van der Waals surface area contributed by atoms with Crippen LogP contribution in [0.2, 0.25) is 0 Å². The molecule has 0 N–H and O–H groups in total. The number of hydrogen-bond acceptors (Lipinski definition) is 1. The molecule has 7 heteroatoms. The van der Waals surface area contributed by atoms with E-state index in [1.807, 2.05) is 0 Å². The molecule has 0 amide bonds. The summed E-state index contributed by atoms with van der Waals surface area (Å²) in [5.74, 6) is 0. The van der Waals surface area contributed by atoms with Crippen molar-refractivity contribution in [2.75, 3.05) is 6.35 Å². The van der Waals surface area contributed by atoms with Crippen LogP contribution in [0.25, 0.3) is 0 Å². The van der Waals surface area contributed by atoms with Crippen LogP contribution in [0.4, 0.5) is 17.3 Å². The molecule has 0 aliphatic carbocycles. The molecule has 0 radical (unpaired) electrons. The van der Waals surface area contributed by atoms with Crippen LogP contribution in [-0.4, -0.2) is 19.2 Å². The van der Waals surface area contributed by atoms with E-state index in [1.165, 1.54) is 15.9 Å². The molecule has 0 aliphatic rings. The van der Waals surface area contributed by atoms with Gasteiger partial charge in [-0.2, -0.15) is 0 Å². The first-order chi connectivity index (χ1) is 14.0. The Bertz CT molecular complexity index is 779. The van der Waals surface area contributed by atoms with Gasteiger partial charge in [-0.1, -0.05) is 54.6 Å². The van der Waals surface area contributed by atoms with Gasteiger partial charge in [0.2, 0.25) is 0 Å². The molecule has 160 valence electrons. The van der Waals surface area contributed by atoms with E-state index in [9.17, 15) is 17.3 Å². The van der Waals surface area contributed by atoms with E-state index in [1.54, 1.807) is 0 Å².